The maximum Gasteiger partial charge on any atom is 0.161 e. The van der Waals surface area contributed by atoms with E-state index in [1.165, 1.54) is 18.4 Å². The molecule has 2 aliphatic rings. The summed E-state index contributed by atoms with van der Waals surface area (Å²) in [5, 5.41) is 7.88. The number of halogens is 1. The normalized spacial score (nSPS) is 28.7. The number of hydrogen-bond donors (Lipinski definition) is 1. The lowest BCUT2D eigenvalue weighted by Crippen LogP contribution is -2.65. The second-order valence-electron chi connectivity index (χ2n) is 10.8. The fraction of sp³-hybridized carbons (Fsp3) is 0.750. The number of Topliss-reactive ketones (excluding diaryl/α,β-unsaturated/α-hetero) is 1. The fourth-order valence-electron chi connectivity index (χ4n) is 5.83. The van der Waals surface area contributed by atoms with Crippen LogP contribution >= 0.6 is 15.9 Å². The summed E-state index contributed by atoms with van der Waals surface area (Å²) < 4.78 is 7.84. The summed E-state index contributed by atoms with van der Waals surface area (Å²) >= 11 is 3.63. The molecule has 3 nitrogen and oxygen atoms in total. The number of ether oxygens (including phenoxy) is 1. The van der Waals surface area contributed by atoms with Gasteiger partial charge in [0.05, 0.1) is 0 Å². The number of rotatable bonds is 2. The molecule has 1 saturated carbocycles. The Morgan fingerprint density at radius 3 is 2.22 bits per heavy atom. The number of carbonyl (C=O) groups is 1. The highest BCUT2D eigenvalue weighted by Crippen LogP contribution is 2.61. The minimum absolute atomic E-state index is 0.0832. The smallest absolute Gasteiger partial charge is 0.161 e. The van der Waals surface area contributed by atoms with Crippen molar-refractivity contribution in [2.75, 3.05) is 6.61 Å². The number of fused-ring (bicyclic) bond motifs is 2. The highest BCUT2D eigenvalue weighted by Gasteiger charge is 2.61. The standard InChI is InChI=1S/C23H33BrO2.C3H8O.C2H6/c1-13-9-10-18(21(4,5)6)23(8)22(13,7)12-16-11-17(24)19(15(3)25)14(2)20(16)26-23;1-2-3-4;1-2/h11,13,18H,9-10,12H2,1-8H3;4H,2-3H2,1H3;1-2H3. The van der Waals surface area contributed by atoms with Gasteiger partial charge in [0.1, 0.15) is 11.4 Å². The molecule has 184 valence electrons. The quantitative estimate of drug-likeness (QED) is 0.408. The van der Waals surface area contributed by atoms with Crippen LogP contribution in [0, 0.1) is 29.6 Å². The molecule has 0 bridgehead atoms. The van der Waals surface area contributed by atoms with Gasteiger partial charge in [0.15, 0.2) is 5.78 Å². The SMILES string of the molecule is CC.CC(=O)c1c(Br)cc2c(c1C)OC1(C)C(C(C)(C)C)CCC(C)C1(C)C2.CCCO. The summed E-state index contributed by atoms with van der Waals surface area (Å²) in [6, 6.07) is 2.12. The summed E-state index contributed by atoms with van der Waals surface area (Å²) in [6.45, 7) is 24.1. The number of aliphatic hydroxyl groups excluding tert-OH is 1. The fourth-order valence-corrected chi connectivity index (χ4v) is 6.69. The van der Waals surface area contributed by atoms with Gasteiger partial charge in [-0.15, -0.1) is 0 Å². The Morgan fingerprint density at radius 1 is 1.25 bits per heavy atom. The summed E-state index contributed by atoms with van der Waals surface area (Å²) in [4.78, 5) is 12.2. The third-order valence-electron chi connectivity index (χ3n) is 7.81. The first kappa shape index (κ1) is 29.2. The maximum atomic E-state index is 12.2. The van der Waals surface area contributed by atoms with E-state index in [0.29, 0.717) is 18.4 Å². The van der Waals surface area contributed by atoms with E-state index in [4.69, 9.17) is 9.84 Å². The Labute approximate surface area is 205 Å². The van der Waals surface area contributed by atoms with Crippen LogP contribution in [0.25, 0.3) is 0 Å². The average molecular weight is 512 g/mol. The van der Waals surface area contributed by atoms with Crippen LogP contribution in [0.5, 0.6) is 5.75 Å². The van der Waals surface area contributed by atoms with Gasteiger partial charge in [-0.05, 0) is 69.4 Å². The van der Waals surface area contributed by atoms with E-state index in [0.717, 1.165) is 34.2 Å². The predicted octanol–water partition coefficient (Wildman–Crippen LogP) is 8.17. The molecule has 4 unspecified atom stereocenters. The van der Waals surface area contributed by atoms with E-state index in [-0.39, 0.29) is 22.2 Å². The van der Waals surface area contributed by atoms with Crippen molar-refractivity contribution in [3.63, 3.8) is 0 Å². The van der Waals surface area contributed by atoms with Gasteiger partial charge in [-0.3, -0.25) is 4.79 Å². The van der Waals surface area contributed by atoms with Crippen molar-refractivity contribution >= 4 is 21.7 Å². The summed E-state index contributed by atoms with van der Waals surface area (Å²) in [6.07, 6.45) is 4.32. The van der Waals surface area contributed by atoms with E-state index < -0.39 is 0 Å². The molecule has 1 aliphatic heterocycles. The van der Waals surface area contributed by atoms with Crippen molar-refractivity contribution in [3.8, 4) is 5.75 Å². The topological polar surface area (TPSA) is 46.5 Å². The highest BCUT2D eigenvalue weighted by atomic mass is 79.9. The largest absolute Gasteiger partial charge is 0.486 e. The molecule has 3 rings (SSSR count). The van der Waals surface area contributed by atoms with Crippen molar-refractivity contribution in [1.82, 2.24) is 0 Å². The van der Waals surface area contributed by atoms with Gasteiger partial charge in [-0.1, -0.05) is 71.3 Å². The molecule has 0 spiro atoms. The average Bonchev–Trinajstić information content (AvgIpc) is 2.69. The van der Waals surface area contributed by atoms with Crippen molar-refractivity contribution in [2.45, 2.75) is 107 Å². The molecule has 1 aromatic rings. The molecule has 0 aromatic heterocycles. The van der Waals surface area contributed by atoms with Gasteiger partial charge in [-0.25, -0.2) is 0 Å². The van der Waals surface area contributed by atoms with Crippen LogP contribution in [0.4, 0.5) is 0 Å². The van der Waals surface area contributed by atoms with Crippen LogP contribution in [-0.2, 0) is 6.42 Å². The Morgan fingerprint density at radius 2 is 1.78 bits per heavy atom. The lowest BCUT2D eigenvalue weighted by molar-refractivity contribution is -0.176. The number of carbonyl (C=O) groups excluding carboxylic acids is 1. The molecular weight excluding hydrogens is 464 g/mol. The summed E-state index contributed by atoms with van der Waals surface area (Å²) in [5.41, 5.74) is 3.01. The van der Waals surface area contributed by atoms with Crippen LogP contribution in [0.2, 0.25) is 0 Å². The first-order valence-electron chi connectivity index (χ1n) is 12.4. The lowest BCUT2D eigenvalue weighted by Gasteiger charge is -2.62. The molecule has 1 N–H and O–H groups in total. The van der Waals surface area contributed by atoms with Crippen molar-refractivity contribution in [1.29, 1.82) is 0 Å². The Balaban J connectivity index is 0.000000769. The Hall–Kier alpha value is -0.870. The molecule has 1 aliphatic carbocycles. The van der Waals surface area contributed by atoms with Crippen molar-refractivity contribution in [3.05, 3.63) is 27.2 Å². The number of aliphatic hydroxyl groups is 1. The van der Waals surface area contributed by atoms with Crippen LogP contribution in [0.3, 0.4) is 0 Å². The Bertz CT molecular complexity index is 793. The zero-order chi connectivity index (χ0) is 25.1. The molecular formula is C28H47BrO3. The van der Waals surface area contributed by atoms with Crippen LogP contribution in [0.15, 0.2) is 10.5 Å². The maximum absolute atomic E-state index is 12.2. The van der Waals surface area contributed by atoms with Gasteiger partial charge in [0.25, 0.3) is 0 Å². The molecule has 0 radical (unpaired) electrons. The summed E-state index contributed by atoms with van der Waals surface area (Å²) in [5.74, 6) is 2.12. The van der Waals surface area contributed by atoms with Crippen LogP contribution in [0.1, 0.15) is 110 Å². The molecule has 1 aromatic carbocycles. The molecule has 0 amide bonds. The number of hydrogen-bond acceptors (Lipinski definition) is 3. The van der Waals surface area contributed by atoms with Crippen molar-refractivity contribution < 1.29 is 14.6 Å². The second kappa shape index (κ2) is 11.0. The zero-order valence-electron chi connectivity index (χ0n) is 22.4. The van der Waals surface area contributed by atoms with Crippen molar-refractivity contribution in [2.24, 2.45) is 22.7 Å². The highest BCUT2D eigenvalue weighted by molar-refractivity contribution is 9.10. The number of ketones is 1. The molecule has 4 atom stereocenters. The second-order valence-corrected chi connectivity index (χ2v) is 11.7. The van der Waals surface area contributed by atoms with Gasteiger partial charge in [-0.2, -0.15) is 0 Å². The minimum Gasteiger partial charge on any atom is -0.486 e. The third-order valence-corrected chi connectivity index (χ3v) is 8.44. The van der Waals surface area contributed by atoms with Gasteiger partial charge in [0.2, 0.25) is 0 Å². The first-order valence-corrected chi connectivity index (χ1v) is 13.2. The molecule has 1 heterocycles. The zero-order valence-corrected chi connectivity index (χ0v) is 24.0. The third kappa shape index (κ3) is 5.27. The van der Waals surface area contributed by atoms with Gasteiger partial charge < -0.3 is 9.84 Å². The summed E-state index contributed by atoms with van der Waals surface area (Å²) in [7, 11) is 0. The predicted molar refractivity (Wildman–Crippen MR) is 140 cm³/mol. The monoisotopic (exact) mass is 510 g/mol. The van der Waals surface area contributed by atoms with E-state index >= 15 is 0 Å². The van der Waals surface area contributed by atoms with E-state index in [1.807, 2.05) is 27.7 Å². The molecule has 4 heteroatoms. The molecule has 32 heavy (non-hydrogen) atoms. The first-order chi connectivity index (χ1) is 14.7. The van der Waals surface area contributed by atoms with E-state index in [9.17, 15) is 4.79 Å². The lowest BCUT2D eigenvalue weighted by atomic mass is 9.48. The Kier molecular flexibility index (Phi) is 10.1. The minimum atomic E-state index is -0.234. The number of benzene rings is 1. The van der Waals surface area contributed by atoms with Crippen LogP contribution < -0.4 is 4.74 Å². The molecule has 0 saturated heterocycles. The van der Waals surface area contributed by atoms with Crippen LogP contribution in [-0.4, -0.2) is 23.1 Å². The van der Waals surface area contributed by atoms with Gasteiger partial charge >= 0.3 is 0 Å². The van der Waals surface area contributed by atoms with E-state index in [1.54, 1.807) is 6.92 Å². The molecule has 1 fully saturated rings. The van der Waals surface area contributed by atoms with Gasteiger partial charge in [0, 0.05) is 33.5 Å². The van der Waals surface area contributed by atoms with E-state index in [2.05, 4.69) is 63.5 Å².